The highest BCUT2D eigenvalue weighted by molar-refractivity contribution is 7.99. The molecule has 8 nitrogen and oxygen atoms in total. The normalized spacial score (nSPS) is 11.1. The van der Waals surface area contributed by atoms with Crippen molar-refractivity contribution in [3.8, 4) is 28.5 Å². The highest BCUT2D eigenvalue weighted by Crippen LogP contribution is 2.27. The standard InChI is InChI=1S/C27H25N7OS/c1-18(2)19-12-14-21(15-13-19)34-17-28-33-27(34)36-16-24(35)29-23-11-7-6-10-22(23)26-30-25(31-32-26)20-8-4-3-5-9-20/h3-15,17-18H,16H2,1-2H3,(H,29,35)(H,30,31,32). The van der Waals surface area contributed by atoms with Gasteiger partial charge in [0.2, 0.25) is 5.91 Å². The predicted octanol–water partition coefficient (Wildman–Crippen LogP) is 5.57. The van der Waals surface area contributed by atoms with Crippen LogP contribution in [0.4, 0.5) is 5.69 Å². The molecule has 0 fully saturated rings. The van der Waals surface area contributed by atoms with Gasteiger partial charge in [-0.25, -0.2) is 4.98 Å². The number of carbonyl (C=O) groups is 1. The lowest BCUT2D eigenvalue weighted by atomic mass is 10.0. The molecule has 2 heterocycles. The van der Waals surface area contributed by atoms with Crippen LogP contribution in [0, 0.1) is 0 Å². The van der Waals surface area contributed by atoms with Crippen molar-refractivity contribution < 1.29 is 4.79 Å². The van der Waals surface area contributed by atoms with Crippen LogP contribution in [0.2, 0.25) is 0 Å². The number of nitrogens with one attached hydrogen (secondary N) is 2. The molecule has 0 atom stereocenters. The van der Waals surface area contributed by atoms with Gasteiger partial charge in [-0.1, -0.05) is 80.2 Å². The number of anilines is 1. The fourth-order valence-electron chi connectivity index (χ4n) is 3.73. The molecule has 9 heteroatoms. The van der Waals surface area contributed by atoms with Crippen molar-refractivity contribution in [2.45, 2.75) is 24.9 Å². The van der Waals surface area contributed by atoms with Crippen LogP contribution in [0.1, 0.15) is 25.3 Å². The molecule has 1 amide bonds. The van der Waals surface area contributed by atoms with Crippen LogP contribution in [-0.2, 0) is 4.79 Å². The molecule has 2 aromatic heterocycles. The minimum atomic E-state index is -0.153. The largest absolute Gasteiger partial charge is 0.325 e. The molecular formula is C27H25N7OS. The second kappa shape index (κ2) is 10.6. The van der Waals surface area contributed by atoms with Crippen LogP contribution in [0.5, 0.6) is 0 Å². The van der Waals surface area contributed by atoms with Gasteiger partial charge in [-0.05, 0) is 35.7 Å². The molecule has 180 valence electrons. The zero-order chi connectivity index (χ0) is 24.9. The maximum Gasteiger partial charge on any atom is 0.234 e. The Hall–Kier alpha value is -4.24. The highest BCUT2D eigenvalue weighted by Gasteiger charge is 2.15. The molecule has 0 unspecified atom stereocenters. The zero-order valence-corrected chi connectivity index (χ0v) is 20.7. The molecule has 0 spiro atoms. The lowest BCUT2D eigenvalue weighted by molar-refractivity contribution is -0.113. The first kappa shape index (κ1) is 23.5. The monoisotopic (exact) mass is 495 g/mol. The SMILES string of the molecule is CC(C)c1ccc(-n2cnnc2SCC(=O)Nc2ccccc2-c2nc(-c3ccccc3)n[nH]2)cc1. The Morgan fingerprint density at radius 2 is 1.75 bits per heavy atom. The maximum absolute atomic E-state index is 12.8. The number of carbonyl (C=O) groups excluding carboxylic acids is 1. The van der Waals surface area contributed by atoms with Crippen LogP contribution >= 0.6 is 11.8 Å². The number of aromatic nitrogens is 6. The van der Waals surface area contributed by atoms with Gasteiger partial charge < -0.3 is 5.32 Å². The Labute approximate surface area is 213 Å². The van der Waals surface area contributed by atoms with E-state index in [0.717, 1.165) is 16.8 Å². The Kier molecular flexibility index (Phi) is 6.90. The number of thioether (sulfide) groups is 1. The number of rotatable bonds is 8. The van der Waals surface area contributed by atoms with E-state index >= 15 is 0 Å². The van der Waals surface area contributed by atoms with Gasteiger partial charge in [-0.2, -0.15) is 5.10 Å². The third-order valence-corrected chi connectivity index (χ3v) is 6.60. The van der Waals surface area contributed by atoms with E-state index in [4.69, 9.17) is 0 Å². The maximum atomic E-state index is 12.8. The van der Waals surface area contributed by atoms with Crippen molar-refractivity contribution in [1.82, 2.24) is 29.9 Å². The van der Waals surface area contributed by atoms with E-state index < -0.39 is 0 Å². The van der Waals surface area contributed by atoms with Crippen molar-refractivity contribution in [1.29, 1.82) is 0 Å². The third-order valence-electron chi connectivity index (χ3n) is 5.66. The van der Waals surface area contributed by atoms with Gasteiger partial charge in [0, 0.05) is 16.8 Å². The highest BCUT2D eigenvalue weighted by atomic mass is 32.2. The van der Waals surface area contributed by atoms with Gasteiger partial charge in [0.05, 0.1) is 11.4 Å². The first-order chi connectivity index (χ1) is 17.6. The first-order valence-electron chi connectivity index (χ1n) is 11.6. The van der Waals surface area contributed by atoms with Crippen LogP contribution < -0.4 is 5.32 Å². The van der Waals surface area contributed by atoms with E-state index in [0.29, 0.717) is 28.4 Å². The molecule has 0 saturated heterocycles. The summed E-state index contributed by atoms with van der Waals surface area (Å²) in [5, 5.41) is 19.2. The van der Waals surface area contributed by atoms with Crippen LogP contribution in [0.25, 0.3) is 28.5 Å². The number of benzene rings is 3. The summed E-state index contributed by atoms with van der Waals surface area (Å²) in [6, 6.07) is 25.6. The minimum Gasteiger partial charge on any atom is -0.325 e. The second-order valence-electron chi connectivity index (χ2n) is 8.49. The van der Waals surface area contributed by atoms with Crippen molar-refractivity contribution in [2.24, 2.45) is 0 Å². The fraction of sp³-hybridized carbons (Fsp3) is 0.148. The summed E-state index contributed by atoms with van der Waals surface area (Å²) in [6.07, 6.45) is 1.66. The van der Waals surface area contributed by atoms with Crippen LogP contribution in [0.15, 0.2) is 90.3 Å². The van der Waals surface area contributed by atoms with Crippen LogP contribution in [-0.4, -0.2) is 41.6 Å². The van der Waals surface area contributed by atoms with E-state index in [-0.39, 0.29) is 11.7 Å². The van der Waals surface area contributed by atoms with Gasteiger partial charge in [0.25, 0.3) is 0 Å². The third kappa shape index (κ3) is 5.21. The lowest BCUT2D eigenvalue weighted by Gasteiger charge is -2.10. The van der Waals surface area contributed by atoms with Crippen LogP contribution in [0.3, 0.4) is 0 Å². The van der Waals surface area contributed by atoms with Crippen molar-refractivity contribution in [3.05, 3.63) is 90.8 Å². The smallest absolute Gasteiger partial charge is 0.234 e. The van der Waals surface area contributed by atoms with E-state index in [2.05, 4.69) is 56.7 Å². The lowest BCUT2D eigenvalue weighted by Crippen LogP contribution is -2.15. The molecule has 2 N–H and O–H groups in total. The Morgan fingerprint density at radius 1 is 1.00 bits per heavy atom. The van der Waals surface area contributed by atoms with Gasteiger partial charge >= 0.3 is 0 Å². The molecule has 5 aromatic rings. The Balaban J connectivity index is 1.27. The fourth-order valence-corrected chi connectivity index (χ4v) is 4.46. The molecule has 0 aliphatic carbocycles. The van der Waals surface area contributed by atoms with E-state index in [1.807, 2.05) is 71.3 Å². The molecule has 0 aliphatic heterocycles. The molecule has 0 aliphatic rings. The summed E-state index contributed by atoms with van der Waals surface area (Å²) in [4.78, 5) is 17.5. The number of nitrogens with zero attached hydrogens (tertiary/aromatic N) is 5. The van der Waals surface area contributed by atoms with Gasteiger partial charge in [-0.3, -0.25) is 14.5 Å². The summed E-state index contributed by atoms with van der Waals surface area (Å²) < 4.78 is 1.88. The number of hydrogen-bond acceptors (Lipinski definition) is 6. The van der Waals surface area contributed by atoms with Gasteiger partial charge in [0.15, 0.2) is 16.8 Å². The van der Waals surface area contributed by atoms with E-state index in [1.54, 1.807) is 6.33 Å². The average Bonchev–Trinajstić information content (AvgIpc) is 3.59. The van der Waals surface area contributed by atoms with Crippen molar-refractivity contribution in [2.75, 3.05) is 11.1 Å². The summed E-state index contributed by atoms with van der Waals surface area (Å²) in [7, 11) is 0. The number of H-pyrrole nitrogens is 1. The number of para-hydroxylation sites is 1. The molecule has 0 saturated carbocycles. The Bertz CT molecular complexity index is 1460. The van der Waals surface area contributed by atoms with Gasteiger partial charge in [-0.15, -0.1) is 10.2 Å². The molecule has 3 aromatic carbocycles. The number of aromatic amines is 1. The molecule has 0 bridgehead atoms. The molecule has 0 radical (unpaired) electrons. The van der Waals surface area contributed by atoms with Gasteiger partial charge in [0.1, 0.15) is 6.33 Å². The molecular weight excluding hydrogens is 470 g/mol. The van der Waals surface area contributed by atoms with Crippen molar-refractivity contribution >= 4 is 23.4 Å². The average molecular weight is 496 g/mol. The molecule has 5 rings (SSSR count). The van der Waals surface area contributed by atoms with Crippen molar-refractivity contribution in [3.63, 3.8) is 0 Å². The summed E-state index contributed by atoms with van der Waals surface area (Å²) >= 11 is 1.33. The predicted molar refractivity (Wildman–Crippen MR) is 142 cm³/mol. The minimum absolute atomic E-state index is 0.153. The number of hydrogen-bond donors (Lipinski definition) is 2. The summed E-state index contributed by atoms with van der Waals surface area (Å²) in [5.74, 6) is 1.68. The number of amides is 1. The zero-order valence-electron chi connectivity index (χ0n) is 19.9. The van der Waals surface area contributed by atoms with E-state index in [9.17, 15) is 4.79 Å². The summed E-state index contributed by atoms with van der Waals surface area (Å²) in [6.45, 7) is 4.33. The first-order valence-corrected chi connectivity index (χ1v) is 12.6. The quantitative estimate of drug-likeness (QED) is 0.273. The Morgan fingerprint density at radius 3 is 2.53 bits per heavy atom. The summed E-state index contributed by atoms with van der Waals surface area (Å²) in [5.41, 5.74) is 4.56. The molecule has 36 heavy (non-hydrogen) atoms. The second-order valence-corrected chi connectivity index (χ2v) is 9.43. The van der Waals surface area contributed by atoms with E-state index in [1.165, 1.54) is 17.3 Å². The topological polar surface area (TPSA) is 101 Å².